The Morgan fingerprint density at radius 1 is 0.357 bits per heavy atom. The first-order valence-corrected chi connectivity index (χ1v) is 14.2. The van der Waals surface area contributed by atoms with E-state index in [-0.39, 0.29) is 5.75 Å². The molecule has 0 radical (unpaired) electrons. The Kier molecular flexibility index (Phi) is 6.54. The van der Waals surface area contributed by atoms with Crippen molar-refractivity contribution in [2.24, 2.45) is 0 Å². The second kappa shape index (κ2) is 10.8. The van der Waals surface area contributed by atoms with Crippen LogP contribution in [0.2, 0.25) is 0 Å². The molecule has 0 saturated heterocycles. The number of anilines is 6. The number of para-hydroxylation sites is 2. The standard InChI is InChI=1S/C39H30N2O/c1-28-20-22-31(23-21-28)40(29-12-4-2-5-13-29)38-34-16-8-10-18-36(34)39(37-19-11-9-17-35(37)38)41(30-14-6-3-7-15-30)32-24-26-33(42)27-25-32/h2-27,42H,1H3. The van der Waals surface area contributed by atoms with E-state index < -0.39 is 0 Å². The predicted octanol–water partition coefficient (Wildman–Crippen LogP) is 10.9. The van der Waals surface area contributed by atoms with Crippen LogP contribution in [0, 0.1) is 6.92 Å². The van der Waals surface area contributed by atoms with Crippen molar-refractivity contribution in [2.45, 2.75) is 6.92 Å². The quantitative estimate of drug-likeness (QED) is 0.167. The van der Waals surface area contributed by atoms with Crippen molar-refractivity contribution in [2.75, 3.05) is 9.80 Å². The number of rotatable bonds is 6. The molecule has 0 amide bonds. The first kappa shape index (κ1) is 25.4. The highest BCUT2D eigenvalue weighted by atomic mass is 16.3. The first-order chi connectivity index (χ1) is 20.7. The molecule has 0 unspecified atom stereocenters. The van der Waals surface area contributed by atoms with E-state index >= 15 is 0 Å². The maximum absolute atomic E-state index is 10.1. The van der Waals surface area contributed by atoms with Crippen LogP contribution in [0.3, 0.4) is 0 Å². The highest BCUT2D eigenvalue weighted by molar-refractivity contribution is 6.23. The van der Waals surface area contributed by atoms with E-state index in [1.165, 1.54) is 5.56 Å². The molecule has 0 aromatic heterocycles. The number of hydrogen-bond acceptors (Lipinski definition) is 3. The number of aromatic hydroxyl groups is 1. The van der Waals surface area contributed by atoms with Crippen LogP contribution in [0.1, 0.15) is 5.56 Å². The summed E-state index contributed by atoms with van der Waals surface area (Å²) in [5.41, 5.74) is 7.68. The molecule has 3 heteroatoms. The molecule has 3 nitrogen and oxygen atoms in total. The Morgan fingerprint density at radius 2 is 0.667 bits per heavy atom. The molecule has 0 aliphatic rings. The van der Waals surface area contributed by atoms with Gasteiger partial charge in [-0.3, -0.25) is 0 Å². The number of fused-ring (bicyclic) bond motifs is 2. The predicted molar refractivity (Wildman–Crippen MR) is 177 cm³/mol. The number of benzene rings is 7. The summed E-state index contributed by atoms with van der Waals surface area (Å²) in [6.07, 6.45) is 0. The summed E-state index contributed by atoms with van der Waals surface area (Å²) < 4.78 is 0. The smallest absolute Gasteiger partial charge is 0.115 e. The Balaban J connectivity index is 1.61. The van der Waals surface area contributed by atoms with Crippen LogP contribution >= 0.6 is 0 Å². The summed E-state index contributed by atoms with van der Waals surface area (Å²) >= 11 is 0. The van der Waals surface area contributed by atoms with Gasteiger partial charge in [0.05, 0.1) is 11.4 Å². The zero-order valence-electron chi connectivity index (χ0n) is 23.4. The van der Waals surface area contributed by atoms with Crippen molar-refractivity contribution in [1.29, 1.82) is 0 Å². The monoisotopic (exact) mass is 542 g/mol. The van der Waals surface area contributed by atoms with Gasteiger partial charge in [0.25, 0.3) is 0 Å². The highest BCUT2D eigenvalue weighted by Gasteiger charge is 2.25. The van der Waals surface area contributed by atoms with E-state index in [1.54, 1.807) is 12.1 Å². The molecule has 0 aliphatic carbocycles. The van der Waals surface area contributed by atoms with Crippen molar-refractivity contribution in [3.8, 4) is 5.75 Å². The second-order valence-corrected chi connectivity index (χ2v) is 10.5. The van der Waals surface area contributed by atoms with E-state index in [1.807, 2.05) is 18.2 Å². The molecule has 7 aromatic carbocycles. The third-order valence-corrected chi connectivity index (χ3v) is 7.75. The van der Waals surface area contributed by atoms with Gasteiger partial charge in [0, 0.05) is 44.3 Å². The Bertz CT molecular complexity index is 1780. The largest absolute Gasteiger partial charge is 0.508 e. The van der Waals surface area contributed by atoms with E-state index in [2.05, 4.69) is 144 Å². The lowest BCUT2D eigenvalue weighted by molar-refractivity contribution is 0.475. The molecule has 0 atom stereocenters. The van der Waals surface area contributed by atoms with Crippen molar-refractivity contribution >= 4 is 55.7 Å². The second-order valence-electron chi connectivity index (χ2n) is 10.5. The molecule has 0 aliphatic heterocycles. The van der Waals surface area contributed by atoms with Gasteiger partial charge in [-0.15, -0.1) is 0 Å². The Morgan fingerprint density at radius 3 is 1.05 bits per heavy atom. The highest BCUT2D eigenvalue weighted by Crippen LogP contribution is 2.50. The van der Waals surface area contributed by atoms with Gasteiger partial charge >= 0.3 is 0 Å². The van der Waals surface area contributed by atoms with Gasteiger partial charge in [-0.2, -0.15) is 0 Å². The number of phenols is 1. The van der Waals surface area contributed by atoms with Gasteiger partial charge in [0.2, 0.25) is 0 Å². The molecule has 0 heterocycles. The van der Waals surface area contributed by atoms with Crippen LogP contribution < -0.4 is 9.80 Å². The van der Waals surface area contributed by atoms with Crippen LogP contribution in [0.15, 0.2) is 158 Å². The molecular weight excluding hydrogens is 512 g/mol. The molecule has 1 N–H and O–H groups in total. The first-order valence-electron chi connectivity index (χ1n) is 14.2. The fourth-order valence-electron chi connectivity index (χ4n) is 5.83. The summed E-state index contributed by atoms with van der Waals surface area (Å²) in [6.45, 7) is 2.12. The number of hydrogen-bond donors (Lipinski definition) is 1. The number of aryl methyl sites for hydroxylation is 1. The SMILES string of the molecule is Cc1ccc(N(c2ccccc2)c2c3ccccc3c(N(c3ccccc3)c3ccc(O)cc3)c3ccccc23)cc1. The zero-order valence-corrected chi connectivity index (χ0v) is 23.4. The number of phenolic OH excluding ortho intramolecular Hbond substituents is 1. The molecule has 7 aromatic rings. The summed E-state index contributed by atoms with van der Waals surface area (Å²) in [5.74, 6) is 0.244. The van der Waals surface area contributed by atoms with Gasteiger partial charge in [0.15, 0.2) is 0 Å². The molecule has 0 spiro atoms. The molecule has 0 fully saturated rings. The van der Waals surface area contributed by atoms with Crippen LogP contribution in [-0.4, -0.2) is 5.11 Å². The minimum absolute atomic E-state index is 0.244. The molecule has 42 heavy (non-hydrogen) atoms. The molecular formula is C39H30N2O. The third-order valence-electron chi connectivity index (χ3n) is 7.75. The van der Waals surface area contributed by atoms with Crippen LogP contribution in [0.5, 0.6) is 5.75 Å². The van der Waals surface area contributed by atoms with Gasteiger partial charge in [-0.25, -0.2) is 0 Å². The molecule has 7 rings (SSSR count). The number of nitrogens with zero attached hydrogens (tertiary/aromatic N) is 2. The van der Waals surface area contributed by atoms with Crippen LogP contribution in [-0.2, 0) is 0 Å². The van der Waals surface area contributed by atoms with Crippen molar-refractivity contribution in [3.05, 3.63) is 163 Å². The van der Waals surface area contributed by atoms with Crippen LogP contribution in [0.4, 0.5) is 34.1 Å². The summed E-state index contributed by atoms with van der Waals surface area (Å²) in [6, 6.07) is 54.6. The lowest BCUT2D eigenvalue weighted by Gasteiger charge is -2.32. The van der Waals surface area contributed by atoms with Crippen molar-refractivity contribution < 1.29 is 5.11 Å². The molecule has 0 saturated carbocycles. The normalized spacial score (nSPS) is 11.1. The summed E-state index contributed by atoms with van der Waals surface area (Å²) in [4.78, 5) is 4.67. The van der Waals surface area contributed by atoms with Gasteiger partial charge < -0.3 is 14.9 Å². The van der Waals surface area contributed by atoms with Gasteiger partial charge in [-0.1, -0.05) is 103 Å². The topological polar surface area (TPSA) is 26.7 Å². The average Bonchev–Trinajstić information content (AvgIpc) is 3.05. The van der Waals surface area contributed by atoms with Crippen molar-refractivity contribution in [1.82, 2.24) is 0 Å². The summed E-state index contributed by atoms with van der Waals surface area (Å²) in [7, 11) is 0. The molecule has 0 bridgehead atoms. The van der Waals surface area contributed by atoms with Crippen molar-refractivity contribution in [3.63, 3.8) is 0 Å². The maximum atomic E-state index is 10.1. The fourth-order valence-corrected chi connectivity index (χ4v) is 5.83. The Hall–Kier alpha value is -5.54. The van der Waals surface area contributed by atoms with Crippen LogP contribution in [0.25, 0.3) is 21.5 Å². The lowest BCUT2D eigenvalue weighted by atomic mass is 9.95. The summed E-state index contributed by atoms with van der Waals surface area (Å²) in [5, 5.41) is 14.7. The van der Waals surface area contributed by atoms with Gasteiger partial charge in [0.1, 0.15) is 5.75 Å². The minimum Gasteiger partial charge on any atom is -0.508 e. The third kappa shape index (κ3) is 4.51. The lowest BCUT2D eigenvalue weighted by Crippen LogP contribution is -2.14. The fraction of sp³-hybridized carbons (Fsp3) is 0.0256. The van der Waals surface area contributed by atoms with E-state index in [0.717, 1.165) is 55.7 Å². The van der Waals surface area contributed by atoms with E-state index in [4.69, 9.17) is 0 Å². The molecule has 202 valence electrons. The maximum Gasteiger partial charge on any atom is 0.115 e. The Labute approximate surface area is 246 Å². The average molecular weight is 543 g/mol. The van der Waals surface area contributed by atoms with E-state index in [0.29, 0.717) is 0 Å². The minimum atomic E-state index is 0.244. The van der Waals surface area contributed by atoms with E-state index in [9.17, 15) is 5.11 Å². The van der Waals surface area contributed by atoms with Gasteiger partial charge in [-0.05, 0) is 67.6 Å². The zero-order chi connectivity index (χ0) is 28.5.